The van der Waals surface area contributed by atoms with Crippen molar-refractivity contribution in [2.75, 3.05) is 47.1 Å². The Bertz CT molecular complexity index is 2490. The number of ether oxygens (including phenoxy) is 4. The van der Waals surface area contributed by atoms with Crippen LogP contribution in [0.2, 0.25) is 0 Å². The highest BCUT2D eigenvalue weighted by Gasteiger charge is 2.46. The number of carbonyl (C=O) groups is 4. The molecule has 1 unspecified atom stereocenters. The maximum Gasteiger partial charge on any atom is 0.324 e. The van der Waals surface area contributed by atoms with Crippen molar-refractivity contribution in [1.29, 1.82) is 0 Å². The Morgan fingerprint density at radius 3 is 2.57 bits per heavy atom. The Hall–Kier alpha value is -5.35. The number of rotatable bonds is 9. The third kappa shape index (κ3) is 9.97. The number of fused-ring (bicyclic) bond motifs is 6. The molecule has 2 aromatic carbocycles. The number of esters is 1. The van der Waals surface area contributed by atoms with E-state index in [4.69, 9.17) is 23.9 Å². The molecule has 360 valence electrons. The van der Waals surface area contributed by atoms with Crippen LogP contribution in [-0.4, -0.2) is 120 Å². The lowest BCUT2D eigenvalue weighted by atomic mass is 9.78. The summed E-state index contributed by atoms with van der Waals surface area (Å²) in [6.07, 6.45) is 4.56. The van der Waals surface area contributed by atoms with E-state index in [1.165, 1.54) is 9.91 Å². The van der Waals surface area contributed by atoms with Crippen LogP contribution in [0.15, 0.2) is 54.7 Å². The van der Waals surface area contributed by atoms with E-state index in [-0.39, 0.29) is 42.1 Å². The quantitative estimate of drug-likeness (QED) is 0.156. The van der Waals surface area contributed by atoms with E-state index >= 15 is 0 Å². The number of phenolic OH excluding ortho intramolecular Hbond substituents is 1. The van der Waals surface area contributed by atoms with E-state index in [0.29, 0.717) is 64.2 Å². The number of aromatic nitrogens is 2. The molecule has 1 spiro atoms. The van der Waals surface area contributed by atoms with Crippen LogP contribution >= 0.6 is 0 Å². The zero-order valence-electron chi connectivity index (χ0n) is 40.4. The molecule has 6 bridgehead atoms. The molecule has 3 amide bonds. The normalized spacial score (nSPS) is 22.9. The number of amides is 3. The monoisotopic (exact) mass is 921 g/mol. The standard InChI is InChI=1S/C52H68N6O9/c1-9-57-42-15-14-34-26-38(42)39(46(57)37-12-10-18-53-44(37)32(4)64-8)27-51(5,6)29-67-50(63)40-13-11-19-58(55-40)48(61)41(24-33-22-35(34)25-36(59)23-33)54-47(60)45(31(2)3)56(7)49(62)43-28-52(30-66-43)16-20-65-21-17-52/h10,12,14-15,18,22-23,25-26,31-32,40-41,43,45,55,59H,9,11,13,16-17,19-21,24,27-30H2,1-8H3,(H,54,60)/t32-,40-,41-,43?,45-/m0/s1. The molecule has 0 aliphatic carbocycles. The van der Waals surface area contributed by atoms with Crippen LogP contribution in [0.1, 0.15) is 96.6 Å². The second kappa shape index (κ2) is 19.7. The van der Waals surface area contributed by atoms with E-state index in [0.717, 1.165) is 57.4 Å². The molecule has 4 aliphatic rings. The molecule has 15 nitrogen and oxygen atoms in total. The van der Waals surface area contributed by atoms with Gasteiger partial charge in [-0.2, -0.15) is 0 Å². The fourth-order valence-electron chi connectivity index (χ4n) is 10.7. The number of cyclic esters (lactones) is 1. The zero-order valence-corrected chi connectivity index (χ0v) is 40.4. The van der Waals surface area contributed by atoms with E-state index in [9.17, 15) is 24.3 Å². The molecule has 67 heavy (non-hydrogen) atoms. The highest BCUT2D eigenvalue weighted by molar-refractivity contribution is 5.96. The molecule has 0 saturated carbocycles. The van der Waals surface area contributed by atoms with Crippen molar-refractivity contribution in [3.63, 3.8) is 0 Å². The number of likely N-dealkylation sites (N-methyl/N-ethyl adjacent to an activating group) is 1. The van der Waals surface area contributed by atoms with Gasteiger partial charge in [0.1, 0.15) is 30.0 Å². The van der Waals surface area contributed by atoms with Crippen LogP contribution in [0.5, 0.6) is 5.75 Å². The molecule has 6 heterocycles. The summed E-state index contributed by atoms with van der Waals surface area (Å²) >= 11 is 0. The minimum absolute atomic E-state index is 0.00409. The fourth-order valence-corrected chi connectivity index (χ4v) is 10.7. The minimum Gasteiger partial charge on any atom is -0.508 e. The lowest BCUT2D eigenvalue weighted by Gasteiger charge is -2.37. The molecule has 3 fully saturated rings. The number of carbonyl (C=O) groups excluding carboxylic acids is 4. The minimum atomic E-state index is -1.14. The largest absolute Gasteiger partial charge is 0.508 e. The summed E-state index contributed by atoms with van der Waals surface area (Å²) < 4.78 is 25.9. The third-order valence-electron chi connectivity index (χ3n) is 14.4. The van der Waals surface area contributed by atoms with Gasteiger partial charge in [0.15, 0.2) is 0 Å². The second-order valence-electron chi connectivity index (χ2n) is 20.3. The van der Waals surface area contributed by atoms with E-state index < -0.39 is 47.4 Å². The third-order valence-corrected chi connectivity index (χ3v) is 14.4. The van der Waals surface area contributed by atoms with Gasteiger partial charge in [-0.25, -0.2) is 5.43 Å². The number of pyridine rings is 1. The average molecular weight is 921 g/mol. The Morgan fingerprint density at radius 2 is 1.84 bits per heavy atom. The van der Waals surface area contributed by atoms with Crippen LogP contribution in [-0.2, 0) is 57.5 Å². The van der Waals surface area contributed by atoms with Gasteiger partial charge in [-0.15, -0.1) is 0 Å². The molecule has 0 radical (unpaired) electrons. The van der Waals surface area contributed by atoms with Crippen molar-refractivity contribution in [3.05, 3.63) is 71.5 Å². The molecule has 8 rings (SSSR count). The smallest absolute Gasteiger partial charge is 0.324 e. The SMILES string of the molecule is CCn1c(-c2cccnc2[C@H](C)OC)c2c3cc(ccc31)-c1cc(O)cc(c1)C[C@H](NC(=O)[C@H](C(C)C)N(C)C(=O)C1CC3(CCOCC3)CO1)C(=O)N1CCC[C@H](N1)C(=O)OCC(C)(C)C2. The van der Waals surface area contributed by atoms with Crippen LogP contribution in [0, 0.1) is 16.7 Å². The predicted molar refractivity (Wildman–Crippen MR) is 254 cm³/mol. The molecule has 3 N–H and O–H groups in total. The van der Waals surface area contributed by atoms with Gasteiger partial charge in [0.25, 0.3) is 11.8 Å². The Balaban J connectivity index is 1.18. The van der Waals surface area contributed by atoms with E-state index in [1.807, 2.05) is 39.0 Å². The number of hydrogen-bond donors (Lipinski definition) is 3. The van der Waals surface area contributed by atoms with E-state index in [2.05, 4.69) is 54.3 Å². The molecular weight excluding hydrogens is 853 g/mol. The highest BCUT2D eigenvalue weighted by atomic mass is 16.5. The number of hydrogen-bond acceptors (Lipinski definition) is 11. The Kier molecular flexibility index (Phi) is 14.2. The molecule has 15 heteroatoms. The molecule has 3 saturated heterocycles. The number of aromatic hydroxyl groups is 1. The van der Waals surface area contributed by atoms with Gasteiger partial charge < -0.3 is 38.8 Å². The maximum atomic E-state index is 14.8. The lowest BCUT2D eigenvalue weighted by molar-refractivity contribution is -0.155. The van der Waals surface area contributed by atoms with Crippen molar-refractivity contribution in [1.82, 2.24) is 30.2 Å². The summed E-state index contributed by atoms with van der Waals surface area (Å²) in [7, 11) is 3.30. The summed E-state index contributed by atoms with van der Waals surface area (Å²) in [5.41, 5.74) is 9.55. The lowest BCUT2D eigenvalue weighted by Crippen LogP contribution is -2.62. The van der Waals surface area contributed by atoms with Gasteiger partial charge in [0.2, 0.25) is 5.91 Å². The van der Waals surface area contributed by atoms with Gasteiger partial charge in [-0.1, -0.05) is 39.8 Å². The summed E-state index contributed by atoms with van der Waals surface area (Å²) in [5, 5.41) is 16.8. The molecular formula is C52H68N6O9. The number of methoxy groups -OCH3 is 1. The average Bonchev–Trinajstić information content (AvgIpc) is 3.86. The topological polar surface area (TPSA) is 174 Å². The van der Waals surface area contributed by atoms with Gasteiger partial charge in [0.05, 0.1) is 30.7 Å². The summed E-state index contributed by atoms with van der Waals surface area (Å²) in [4.78, 5) is 63.7. The van der Waals surface area contributed by atoms with Gasteiger partial charge in [0, 0.05) is 80.4 Å². The van der Waals surface area contributed by atoms with Gasteiger partial charge in [-0.05, 0) is 117 Å². The first kappa shape index (κ1) is 48.1. The van der Waals surface area contributed by atoms with Crippen molar-refractivity contribution >= 4 is 34.6 Å². The van der Waals surface area contributed by atoms with Gasteiger partial charge in [-0.3, -0.25) is 29.2 Å². The zero-order chi connectivity index (χ0) is 47.8. The van der Waals surface area contributed by atoms with E-state index in [1.54, 1.807) is 32.5 Å². The van der Waals surface area contributed by atoms with Crippen molar-refractivity contribution < 1.29 is 43.2 Å². The van der Waals surface area contributed by atoms with Crippen LogP contribution in [0.4, 0.5) is 0 Å². The summed E-state index contributed by atoms with van der Waals surface area (Å²) in [5.74, 6) is -2.01. The number of phenols is 1. The summed E-state index contributed by atoms with van der Waals surface area (Å²) in [6.45, 7) is 14.8. The first-order valence-corrected chi connectivity index (χ1v) is 24.0. The van der Waals surface area contributed by atoms with Crippen molar-refractivity contribution in [3.8, 4) is 28.1 Å². The molecule has 4 aliphatic heterocycles. The highest BCUT2D eigenvalue weighted by Crippen LogP contribution is 2.44. The van der Waals surface area contributed by atoms with Crippen LogP contribution in [0.3, 0.4) is 0 Å². The molecule has 2 aromatic heterocycles. The molecule has 4 aromatic rings. The summed E-state index contributed by atoms with van der Waals surface area (Å²) in [6, 6.07) is 12.7. The van der Waals surface area contributed by atoms with Crippen molar-refractivity contribution in [2.24, 2.45) is 16.7 Å². The second-order valence-corrected chi connectivity index (χ2v) is 20.3. The Morgan fingerprint density at radius 1 is 1.06 bits per heavy atom. The van der Waals surface area contributed by atoms with Crippen molar-refractivity contribution in [2.45, 2.75) is 123 Å². The number of benzene rings is 2. The van der Waals surface area contributed by atoms with Crippen LogP contribution < -0.4 is 10.7 Å². The van der Waals surface area contributed by atoms with Crippen LogP contribution in [0.25, 0.3) is 33.3 Å². The number of hydrazine groups is 1. The fraction of sp³-hybridized carbons (Fsp3) is 0.558. The number of aryl methyl sites for hydroxylation is 1. The first-order chi connectivity index (χ1) is 32.0. The first-order valence-electron chi connectivity index (χ1n) is 24.0. The Labute approximate surface area is 393 Å². The number of nitrogens with one attached hydrogen (secondary N) is 2. The maximum absolute atomic E-state index is 14.8. The predicted octanol–water partition coefficient (Wildman–Crippen LogP) is 6.52. The number of nitrogens with zero attached hydrogens (tertiary/aromatic N) is 4. The van der Waals surface area contributed by atoms with Gasteiger partial charge >= 0.3 is 5.97 Å². The molecule has 5 atom stereocenters.